The summed E-state index contributed by atoms with van der Waals surface area (Å²) in [6.07, 6.45) is 1.96. The molecule has 0 aliphatic carbocycles. The number of carbonyl (C=O) groups excluding carboxylic acids is 1. The zero-order chi connectivity index (χ0) is 21.4. The summed E-state index contributed by atoms with van der Waals surface area (Å²) in [7, 11) is 0. The van der Waals surface area contributed by atoms with E-state index in [1.807, 2.05) is 25.1 Å². The molecule has 152 valence electrons. The summed E-state index contributed by atoms with van der Waals surface area (Å²) in [5, 5.41) is 3.51. The van der Waals surface area contributed by atoms with E-state index < -0.39 is 0 Å². The summed E-state index contributed by atoms with van der Waals surface area (Å²) < 4.78 is 2.22. The van der Waals surface area contributed by atoms with Gasteiger partial charge in [-0.15, -0.1) is 0 Å². The summed E-state index contributed by atoms with van der Waals surface area (Å²) in [6.45, 7) is 10.4. The molecule has 3 aromatic rings. The Morgan fingerprint density at radius 1 is 0.967 bits per heavy atom. The van der Waals surface area contributed by atoms with Crippen molar-refractivity contribution < 1.29 is 4.79 Å². The number of nitrogens with zero attached hydrogens (tertiary/aromatic N) is 2. The molecule has 0 bridgehead atoms. The minimum Gasteiger partial charge on any atom is -0.318 e. The Kier molecular flexibility index (Phi) is 5.39. The molecule has 4 nitrogen and oxygen atoms in total. The summed E-state index contributed by atoms with van der Waals surface area (Å²) in [6, 6.07) is 16.7. The number of amides is 1. The van der Waals surface area contributed by atoms with Crippen LogP contribution >= 0.6 is 11.8 Å². The lowest BCUT2D eigenvalue weighted by atomic mass is 10.1. The second-order valence-corrected chi connectivity index (χ2v) is 8.80. The standard InChI is InChI=1S/C25H25N3OS/c1-15-7-6-8-21(12-15)28-18(4)13-20(19(28)5)14-23-24(29)27-25(30-23)26-22-10-9-16(2)11-17(22)3/h6-14H,1-5H3,(H,26,27,29)/b23-14-. The zero-order valence-electron chi connectivity index (χ0n) is 17.9. The van der Waals surface area contributed by atoms with Gasteiger partial charge in [-0.05, 0) is 93.4 Å². The first-order valence-electron chi connectivity index (χ1n) is 9.94. The number of thioether (sulfide) groups is 1. The van der Waals surface area contributed by atoms with Crippen LogP contribution in [-0.4, -0.2) is 15.6 Å². The fourth-order valence-corrected chi connectivity index (χ4v) is 4.59. The van der Waals surface area contributed by atoms with Gasteiger partial charge in [0.05, 0.1) is 10.6 Å². The maximum atomic E-state index is 12.5. The van der Waals surface area contributed by atoms with E-state index in [9.17, 15) is 4.79 Å². The van der Waals surface area contributed by atoms with Crippen LogP contribution in [0.4, 0.5) is 5.69 Å². The van der Waals surface area contributed by atoms with Gasteiger partial charge in [-0.3, -0.25) is 4.79 Å². The highest BCUT2D eigenvalue weighted by atomic mass is 32.2. The largest absolute Gasteiger partial charge is 0.318 e. The number of aromatic nitrogens is 1. The first kappa shape index (κ1) is 20.2. The van der Waals surface area contributed by atoms with Gasteiger partial charge in [-0.2, -0.15) is 0 Å². The van der Waals surface area contributed by atoms with Gasteiger partial charge in [0.2, 0.25) is 0 Å². The molecule has 30 heavy (non-hydrogen) atoms. The van der Waals surface area contributed by atoms with Crippen LogP contribution in [0.15, 0.2) is 58.4 Å². The van der Waals surface area contributed by atoms with Gasteiger partial charge < -0.3 is 9.88 Å². The molecule has 1 saturated heterocycles. The van der Waals surface area contributed by atoms with Crippen molar-refractivity contribution >= 4 is 34.6 Å². The third kappa shape index (κ3) is 3.98. The van der Waals surface area contributed by atoms with Crippen LogP contribution in [0, 0.1) is 34.6 Å². The molecule has 0 unspecified atom stereocenters. The first-order valence-corrected chi connectivity index (χ1v) is 10.8. The van der Waals surface area contributed by atoms with E-state index in [2.05, 4.69) is 79.0 Å². The van der Waals surface area contributed by atoms with Crippen molar-refractivity contribution in [1.29, 1.82) is 0 Å². The smallest absolute Gasteiger partial charge is 0.264 e. The van der Waals surface area contributed by atoms with Crippen molar-refractivity contribution in [3.8, 4) is 5.69 Å². The Morgan fingerprint density at radius 3 is 2.47 bits per heavy atom. The van der Waals surface area contributed by atoms with Gasteiger partial charge >= 0.3 is 0 Å². The SMILES string of the molecule is Cc1cccc(-n2c(C)cc(/C=C3\SC(=Nc4ccc(C)cc4C)NC3=O)c2C)c1. The molecule has 5 heteroatoms. The van der Waals surface area contributed by atoms with E-state index in [4.69, 9.17) is 0 Å². The normalized spacial score (nSPS) is 16.5. The Hall–Kier alpha value is -3.05. The molecule has 1 N–H and O–H groups in total. The Labute approximate surface area is 181 Å². The van der Waals surface area contributed by atoms with Crippen LogP contribution in [-0.2, 0) is 4.79 Å². The van der Waals surface area contributed by atoms with Crippen LogP contribution in [0.2, 0.25) is 0 Å². The maximum Gasteiger partial charge on any atom is 0.264 e. The second-order valence-electron chi connectivity index (χ2n) is 7.77. The molecule has 1 amide bonds. The third-order valence-corrected chi connectivity index (χ3v) is 6.15. The predicted molar refractivity (Wildman–Crippen MR) is 127 cm³/mol. The number of hydrogen-bond acceptors (Lipinski definition) is 3. The van der Waals surface area contributed by atoms with Gasteiger partial charge in [-0.1, -0.05) is 29.8 Å². The highest BCUT2D eigenvalue weighted by Gasteiger charge is 2.24. The number of aryl methyl sites for hydroxylation is 4. The van der Waals surface area contributed by atoms with Crippen molar-refractivity contribution in [2.45, 2.75) is 34.6 Å². The summed E-state index contributed by atoms with van der Waals surface area (Å²) >= 11 is 1.38. The Balaban J connectivity index is 1.65. The maximum absolute atomic E-state index is 12.5. The van der Waals surface area contributed by atoms with Gasteiger partial charge in [0.25, 0.3) is 5.91 Å². The minimum atomic E-state index is -0.108. The van der Waals surface area contributed by atoms with Crippen LogP contribution < -0.4 is 5.32 Å². The van der Waals surface area contributed by atoms with Crippen LogP contribution in [0.25, 0.3) is 11.8 Å². The Morgan fingerprint density at radius 2 is 1.73 bits per heavy atom. The molecule has 0 saturated carbocycles. The summed E-state index contributed by atoms with van der Waals surface area (Å²) in [5.74, 6) is -0.108. The molecule has 1 fully saturated rings. The number of benzene rings is 2. The van der Waals surface area contributed by atoms with Crippen molar-refractivity contribution in [3.05, 3.63) is 87.1 Å². The molecule has 2 aromatic carbocycles. The molecule has 2 heterocycles. The minimum absolute atomic E-state index is 0.108. The van der Waals surface area contributed by atoms with E-state index >= 15 is 0 Å². The number of carbonyl (C=O) groups is 1. The number of amidine groups is 1. The highest BCUT2D eigenvalue weighted by molar-refractivity contribution is 8.18. The lowest BCUT2D eigenvalue weighted by Gasteiger charge is -2.10. The molecular formula is C25H25N3OS. The lowest BCUT2D eigenvalue weighted by Crippen LogP contribution is -2.19. The van der Waals surface area contributed by atoms with Crippen molar-refractivity contribution in [2.75, 3.05) is 0 Å². The number of nitrogens with one attached hydrogen (secondary N) is 1. The molecule has 0 atom stereocenters. The first-order chi connectivity index (χ1) is 14.3. The molecule has 4 rings (SSSR count). The fourth-order valence-electron chi connectivity index (χ4n) is 3.76. The van der Waals surface area contributed by atoms with Crippen LogP contribution in [0.3, 0.4) is 0 Å². The van der Waals surface area contributed by atoms with Gasteiger partial charge in [0.1, 0.15) is 0 Å². The molecule has 0 spiro atoms. The van der Waals surface area contributed by atoms with E-state index in [0.717, 1.165) is 33.9 Å². The van der Waals surface area contributed by atoms with Crippen molar-refractivity contribution in [1.82, 2.24) is 9.88 Å². The molecule has 1 aliphatic heterocycles. The average molecular weight is 416 g/mol. The monoisotopic (exact) mass is 415 g/mol. The fraction of sp³-hybridized carbons (Fsp3) is 0.200. The zero-order valence-corrected chi connectivity index (χ0v) is 18.7. The topological polar surface area (TPSA) is 46.4 Å². The average Bonchev–Trinajstić information content (AvgIpc) is 3.16. The Bertz CT molecular complexity index is 1220. The lowest BCUT2D eigenvalue weighted by molar-refractivity contribution is -0.115. The van der Waals surface area contributed by atoms with Gasteiger partial charge in [0.15, 0.2) is 5.17 Å². The highest BCUT2D eigenvalue weighted by Crippen LogP contribution is 2.31. The van der Waals surface area contributed by atoms with Crippen molar-refractivity contribution in [3.63, 3.8) is 0 Å². The molecule has 1 aliphatic rings. The molecule has 0 radical (unpaired) electrons. The van der Waals surface area contributed by atoms with Crippen molar-refractivity contribution in [2.24, 2.45) is 4.99 Å². The van der Waals surface area contributed by atoms with E-state index in [1.165, 1.54) is 22.9 Å². The quantitative estimate of drug-likeness (QED) is 0.541. The van der Waals surface area contributed by atoms with Crippen LogP contribution in [0.5, 0.6) is 0 Å². The molecule has 1 aromatic heterocycles. The third-order valence-electron chi connectivity index (χ3n) is 5.24. The summed E-state index contributed by atoms with van der Waals surface area (Å²) in [5.41, 5.74) is 8.81. The number of rotatable bonds is 3. The second kappa shape index (κ2) is 8.00. The van der Waals surface area contributed by atoms with E-state index in [0.29, 0.717) is 10.1 Å². The number of aliphatic imine (C=N–C) groups is 1. The summed E-state index contributed by atoms with van der Waals surface area (Å²) in [4.78, 5) is 17.8. The van der Waals surface area contributed by atoms with E-state index in [-0.39, 0.29) is 5.91 Å². The number of hydrogen-bond donors (Lipinski definition) is 1. The van der Waals surface area contributed by atoms with Crippen LogP contribution in [0.1, 0.15) is 33.6 Å². The van der Waals surface area contributed by atoms with E-state index in [1.54, 1.807) is 0 Å². The molecular weight excluding hydrogens is 390 g/mol. The predicted octanol–water partition coefficient (Wildman–Crippen LogP) is 5.91. The van der Waals surface area contributed by atoms with Gasteiger partial charge in [0, 0.05) is 17.1 Å². The van der Waals surface area contributed by atoms with Gasteiger partial charge in [-0.25, -0.2) is 4.99 Å².